The minimum absolute atomic E-state index is 0.0670. The molecule has 2 aromatic heterocycles. The van der Waals surface area contributed by atoms with Gasteiger partial charge in [0, 0.05) is 11.8 Å². The SMILES string of the molecule is O=C(O)CCCc1csc(NC(=O)c2nn[nH]n2)n1. The van der Waals surface area contributed by atoms with Gasteiger partial charge in [-0.05, 0) is 18.1 Å². The van der Waals surface area contributed by atoms with E-state index in [2.05, 4.69) is 30.9 Å². The Morgan fingerprint density at radius 3 is 3.00 bits per heavy atom. The summed E-state index contributed by atoms with van der Waals surface area (Å²) in [6.07, 6.45) is 1.17. The van der Waals surface area contributed by atoms with Crippen molar-refractivity contribution in [2.24, 2.45) is 0 Å². The number of thiazole rings is 1. The number of carboxylic acids is 1. The summed E-state index contributed by atoms with van der Waals surface area (Å²) in [5.74, 6) is -1.40. The van der Waals surface area contributed by atoms with Crippen molar-refractivity contribution >= 4 is 28.3 Å². The summed E-state index contributed by atoms with van der Waals surface area (Å²) in [6, 6.07) is 0. The fourth-order valence-electron chi connectivity index (χ4n) is 1.31. The number of aliphatic carboxylic acids is 1. The number of nitrogens with one attached hydrogen (secondary N) is 2. The van der Waals surface area contributed by atoms with E-state index >= 15 is 0 Å². The van der Waals surface area contributed by atoms with Crippen molar-refractivity contribution in [2.75, 3.05) is 5.32 Å². The standard InChI is InChI=1S/C9H10N6O3S/c16-6(17)3-1-2-5-4-19-9(10-5)11-8(18)7-12-14-15-13-7/h4H,1-3H2,(H,16,17)(H,10,11,18)(H,12,13,14,15). The maximum atomic E-state index is 11.6. The molecule has 0 spiro atoms. The molecule has 0 aliphatic heterocycles. The zero-order valence-electron chi connectivity index (χ0n) is 9.66. The van der Waals surface area contributed by atoms with E-state index in [1.165, 1.54) is 11.3 Å². The van der Waals surface area contributed by atoms with E-state index in [-0.39, 0.29) is 12.2 Å². The van der Waals surface area contributed by atoms with Gasteiger partial charge in [-0.2, -0.15) is 5.21 Å². The van der Waals surface area contributed by atoms with Crippen molar-refractivity contribution in [2.45, 2.75) is 19.3 Å². The van der Waals surface area contributed by atoms with Crippen LogP contribution < -0.4 is 5.32 Å². The van der Waals surface area contributed by atoms with Gasteiger partial charge in [0.15, 0.2) is 5.13 Å². The number of anilines is 1. The van der Waals surface area contributed by atoms with Crippen LogP contribution in [-0.4, -0.2) is 42.6 Å². The van der Waals surface area contributed by atoms with Gasteiger partial charge in [-0.15, -0.1) is 21.5 Å². The van der Waals surface area contributed by atoms with Crippen LogP contribution in [0.2, 0.25) is 0 Å². The Balaban J connectivity index is 1.87. The highest BCUT2D eigenvalue weighted by Gasteiger charge is 2.13. The van der Waals surface area contributed by atoms with Gasteiger partial charge in [0.05, 0.1) is 5.69 Å². The highest BCUT2D eigenvalue weighted by atomic mass is 32.1. The Bertz CT molecular complexity index is 566. The number of aromatic nitrogens is 5. The quantitative estimate of drug-likeness (QED) is 0.694. The lowest BCUT2D eigenvalue weighted by molar-refractivity contribution is -0.137. The predicted molar refractivity (Wildman–Crippen MR) is 64.8 cm³/mol. The first-order valence-electron chi connectivity index (χ1n) is 5.36. The third-order valence-electron chi connectivity index (χ3n) is 2.14. The van der Waals surface area contributed by atoms with Gasteiger partial charge in [0.2, 0.25) is 0 Å². The molecule has 3 N–H and O–H groups in total. The van der Waals surface area contributed by atoms with E-state index in [1.54, 1.807) is 5.38 Å². The Morgan fingerprint density at radius 2 is 2.32 bits per heavy atom. The van der Waals surface area contributed by atoms with Crippen LogP contribution in [0.4, 0.5) is 5.13 Å². The number of aryl methyl sites for hydroxylation is 1. The molecular weight excluding hydrogens is 272 g/mol. The highest BCUT2D eigenvalue weighted by Crippen LogP contribution is 2.17. The number of carbonyl (C=O) groups excluding carboxylic acids is 1. The van der Waals surface area contributed by atoms with Crippen LogP contribution >= 0.6 is 11.3 Å². The summed E-state index contributed by atoms with van der Waals surface area (Å²) in [4.78, 5) is 26.1. The number of hydrogen-bond donors (Lipinski definition) is 3. The first-order chi connectivity index (χ1) is 9.15. The zero-order chi connectivity index (χ0) is 13.7. The summed E-state index contributed by atoms with van der Waals surface area (Å²) in [5, 5.41) is 25.8. The van der Waals surface area contributed by atoms with E-state index in [4.69, 9.17) is 5.11 Å². The van der Waals surface area contributed by atoms with Crippen molar-refractivity contribution in [1.29, 1.82) is 0 Å². The molecule has 0 atom stereocenters. The highest BCUT2D eigenvalue weighted by molar-refractivity contribution is 7.13. The number of nitrogens with zero attached hydrogens (tertiary/aromatic N) is 4. The number of amides is 1. The number of tetrazole rings is 1. The Labute approximate surface area is 111 Å². The van der Waals surface area contributed by atoms with E-state index in [0.29, 0.717) is 18.0 Å². The fraction of sp³-hybridized carbons (Fsp3) is 0.333. The molecule has 0 saturated carbocycles. The first-order valence-corrected chi connectivity index (χ1v) is 6.24. The fourth-order valence-corrected chi connectivity index (χ4v) is 2.05. The van der Waals surface area contributed by atoms with Gasteiger partial charge in [-0.3, -0.25) is 14.9 Å². The summed E-state index contributed by atoms with van der Waals surface area (Å²) < 4.78 is 0. The van der Waals surface area contributed by atoms with E-state index in [1.807, 2.05) is 0 Å². The second-order valence-electron chi connectivity index (χ2n) is 3.58. The Kier molecular flexibility index (Phi) is 4.13. The lowest BCUT2D eigenvalue weighted by atomic mass is 10.2. The first kappa shape index (κ1) is 13.1. The van der Waals surface area contributed by atoms with Gasteiger partial charge >= 0.3 is 5.97 Å². The Hall–Kier alpha value is -2.36. The molecule has 100 valence electrons. The van der Waals surface area contributed by atoms with Crippen LogP contribution in [0.15, 0.2) is 5.38 Å². The molecule has 10 heteroatoms. The number of hydrogen-bond acceptors (Lipinski definition) is 7. The third kappa shape index (κ3) is 3.81. The van der Waals surface area contributed by atoms with Crippen LogP contribution in [0.1, 0.15) is 29.2 Å². The Morgan fingerprint density at radius 1 is 1.47 bits per heavy atom. The summed E-state index contributed by atoms with van der Waals surface area (Å²) >= 11 is 1.26. The summed E-state index contributed by atoms with van der Waals surface area (Å²) in [5.41, 5.74) is 0.745. The molecule has 9 nitrogen and oxygen atoms in total. The van der Waals surface area contributed by atoms with E-state index in [9.17, 15) is 9.59 Å². The second-order valence-corrected chi connectivity index (χ2v) is 4.44. The van der Waals surface area contributed by atoms with Gasteiger partial charge in [-0.25, -0.2) is 4.98 Å². The van der Waals surface area contributed by atoms with Crippen LogP contribution in [0.25, 0.3) is 0 Å². The smallest absolute Gasteiger partial charge is 0.303 e. The van der Waals surface area contributed by atoms with Crippen LogP contribution in [0, 0.1) is 0 Å². The zero-order valence-corrected chi connectivity index (χ0v) is 10.5. The van der Waals surface area contributed by atoms with Crippen molar-refractivity contribution in [3.63, 3.8) is 0 Å². The van der Waals surface area contributed by atoms with Crippen molar-refractivity contribution in [3.05, 3.63) is 16.9 Å². The number of carboxylic acid groups (broad SMARTS) is 1. The molecule has 0 saturated heterocycles. The lowest BCUT2D eigenvalue weighted by Gasteiger charge is -1.96. The molecular formula is C9H10N6O3S. The van der Waals surface area contributed by atoms with Gasteiger partial charge in [0.1, 0.15) is 0 Å². The van der Waals surface area contributed by atoms with Gasteiger partial charge in [0.25, 0.3) is 11.7 Å². The lowest BCUT2D eigenvalue weighted by Crippen LogP contribution is -2.13. The van der Waals surface area contributed by atoms with Crippen LogP contribution in [0.5, 0.6) is 0 Å². The van der Waals surface area contributed by atoms with E-state index < -0.39 is 11.9 Å². The minimum atomic E-state index is -0.833. The van der Waals surface area contributed by atoms with Crippen molar-refractivity contribution < 1.29 is 14.7 Å². The van der Waals surface area contributed by atoms with Gasteiger partial charge in [-0.1, -0.05) is 0 Å². The topological polar surface area (TPSA) is 134 Å². The molecule has 19 heavy (non-hydrogen) atoms. The predicted octanol–water partition coefficient (Wildman–Crippen LogP) is 0.316. The largest absolute Gasteiger partial charge is 0.481 e. The number of rotatable bonds is 6. The molecule has 0 radical (unpaired) electrons. The minimum Gasteiger partial charge on any atom is -0.481 e. The summed E-state index contributed by atoms with van der Waals surface area (Å²) in [7, 11) is 0. The number of carbonyl (C=O) groups is 2. The van der Waals surface area contributed by atoms with Crippen molar-refractivity contribution in [3.8, 4) is 0 Å². The van der Waals surface area contributed by atoms with Crippen molar-refractivity contribution in [1.82, 2.24) is 25.6 Å². The monoisotopic (exact) mass is 282 g/mol. The molecule has 2 aromatic rings. The maximum Gasteiger partial charge on any atom is 0.303 e. The molecule has 0 bridgehead atoms. The second kappa shape index (κ2) is 6.00. The van der Waals surface area contributed by atoms with Crippen LogP contribution in [-0.2, 0) is 11.2 Å². The average molecular weight is 282 g/mol. The molecule has 0 aliphatic rings. The molecule has 0 aliphatic carbocycles. The maximum absolute atomic E-state index is 11.6. The molecule has 0 unspecified atom stereocenters. The molecule has 2 rings (SSSR count). The number of aromatic amines is 1. The normalized spacial score (nSPS) is 10.3. The number of H-pyrrole nitrogens is 1. The molecule has 1 amide bonds. The summed E-state index contributed by atoms with van der Waals surface area (Å²) in [6.45, 7) is 0. The molecule has 0 aromatic carbocycles. The van der Waals surface area contributed by atoms with Gasteiger partial charge < -0.3 is 5.11 Å². The van der Waals surface area contributed by atoms with E-state index in [0.717, 1.165) is 5.69 Å². The van der Waals surface area contributed by atoms with Crippen LogP contribution in [0.3, 0.4) is 0 Å². The third-order valence-corrected chi connectivity index (χ3v) is 2.95. The molecule has 2 heterocycles. The molecule has 0 fully saturated rings. The average Bonchev–Trinajstić information content (AvgIpc) is 2.99.